The molecule has 3 unspecified atom stereocenters. The van der Waals surface area contributed by atoms with Gasteiger partial charge in [-0.05, 0) is 87.1 Å². The molecule has 1 saturated carbocycles. The normalized spacial score (nSPS) is 27.1. The number of anilines is 4. The first kappa shape index (κ1) is 40.3. The molecule has 4 aliphatic heterocycles. The zero-order valence-corrected chi connectivity index (χ0v) is 32.6. The Hall–Kier alpha value is -4.46. The van der Waals surface area contributed by atoms with Crippen LogP contribution in [0.25, 0.3) is 0 Å². The molecule has 58 heavy (non-hydrogen) atoms. The van der Waals surface area contributed by atoms with Crippen LogP contribution >= 0.6 is 0 Å². The van der Waals surface area contributed by atoms with E-state index in [2.05, 4.69) is 35.1 Å². The maximum absolute atomic E-state index is 15.3. The highest BCUT2D eigenvalue weighted by Gasteiger charge is 2.57. The van der Waals surface area contributed by atoms with Crippen molar-refractivity contribution in [1.29, 1.82) is 0 Å². The van der Waals surface area contributed by atoms with Gasteiger partial charge in [0.2, 0.25) is 27.8 Å². The summed E-state index contributed by atoms with van der Waals surface area (Å²) in [4.78, 5) is 37.0. The number of amides is 2. The van der Waals surface area contributed by atoms with E-state index >= 15 is 8.78 Å². The van der Waals surface area contributed by atoms with Crippen LogP contribution in [0.15, 0.2) is 47.5 Å². The Kier molecular flexibility index (Phi) is 10.6. The predicted octanol–water partition coefficient (Wildman–Crippen LogP) is 4.51. The molecule has 5 fully saturated rings. The first-order chi connectivity index (χ1) is 27.4. The quantitative estimate of drug-likeness (QED) is 0.168. The highest BCUT2D eigenvalue weighted by molar-refractivity contribution is 7.89. The molecule has 1 aliphatic carbocycles. The van der Waals surface area contributed by atoms with E-state index in [1.165, 1.54) is 30.0 Å². The van der Waals surface area contributed by atoms with Crippen LogP contribution in [0.1, 0.15) is 62.5 Å². The average molecular weight is 833 g/mol. The Morgan fingerprint density at radius 3 is 2.38 bits per heavy atom. The SMILES string of the molecule is C[C@]1(O)CCCN(c2nc(Nc3ccc(S(=O)(=O)NC4C5CN(CC6CCN(c7ccc(C8CCC(=O)NC8=O)c(F)c7)CC6)C[C@@H]54)cc3F)ncc2C(F)(F)F)C1. The van der Waals surface area contributed by atoms with Crippen molar-refractivity contribution in [3.05, 3.63) is 65.4 Å². The number of aliphatic hydroxyl groups is 1. The van der Waals surface area contributed by atoms with E-state index in [0.29, 0.717) is 30.5 Å². The zero-order chi connectivity index (χ0) is 41.1. The lowest BCUT2D eigenvalue weighted by atomic mass is 9.89. The molecule has 5 aliphatic rings. The second-order valence-corrected chi connectivity index (χ2v) is 18.3. The minimum atomic E-state index is -4.77. The van der Waals surface area contributed by atoms with Gasteiger partial charge < -0.3 is 25.1 Å². The number of nitrogens with one attached hydrogen (secondary N) is 3. The molecule has 5 atom stereocenters. The number of nitrogens with zero attached hydrogens (tertiary/aromatic N) is 5. The fourth-order valence-corrected chi connectivity index (χ4v) is 10.4. The molecule has 3 aromatic rings. The van der Waals surface area contributed by atoms with Crippen LogP contribution in [0.2, 0.25) is 0 Å². The van der Waals surface area contributed by atoms with E-state index in [9.17, 15) is 36.3 Å². The fraction of sp³-hybridized carbons (Fsp3) is 0.538. The minimum Gasteiger partial charge on any atom is -0.388 e. The molecule has 13 nitrogen and oxygen atoms in total. The number of carbonyl (C=O) groups is 2. The number of hydrogen-bond donors (Lipinski definition) is 4. The lowest BCUT2D eigenvalue weighted by molar-refractivity contribution is -0.138. The second kappa shape index (κ2) is 15.3. The van der Waals surface area contributed by atoms with Crippen molar-refractivity contribution in [3.8, 4) is 0 Å². The molecular weight excluding hydrogens is 788 g/mol. The van der Waals surface area contributed by atoms with Crippen LogP contribution in [0.5, 0.6) is 0 Å². The van der Waals surface area contributed by atoms with E-state index in [1.807, 2.05) is 6.07 Å². The van der Waals surface area contributed by atoms with Crippen molar-refractivity contribution in [1.82, 2.24) is 24.9 Å². The van der Waals surface area contributed by atoms with E-state index < -0.39 is 56.6 Å². The molecule has 4 N–H and O–H groups in total. The van der Waals surface area contributed by atoms with Crippen LogP contribution < -0.4 is 25.2 Å². The summed E-state index contributed by atoms with van der Waals surface area (Å²) in [6.07, 6.45) is -1.04. The summed E-state index contributed by atoms with van der Waals surface area (Å²) in [6, 6.07) is 7.87. The Morgan fingerprint density at radius 2 is 1.72 bits per heavy atom. The zero-order valence-electron chi connectivity index (χ0n) is 31.7. The minimum absolute atomic E-state index is 0.0836. The fourth-order valence-electron chi connectivity index (χ4n) is 9.07. The second-order valence-electron chi connectivity index (χ2n) is 16.6. The summed E-state index contributed by atoms with van der Waals surface area (Å²) in [5.74, 6) is -3.01. The number of halogens is 5. The number of β-amino-alcohol motifs (C(OH)–C–C–N with tert-alkyl or cyclic N) is 1. The molecular formula is C39H45F5N8O5S. The number of alkyl halides is 3. The molecule has 2 amide bonds. The third kappa shape index (κ3) is 8.49. The maximum Gasteiger partial charge on any atom is 0.421 e. The van der Waals surface area contributed by atoms with Gasteiger partial charge in [-0.1, -0.05) is 6.07 Å². The number of rotatable bonds is 10. The van der Waals surface area contributed by atoms with Gasteiger partial charge in [-0.25, -0.2) is 26.9 Å². The number of benzene rings is 2. The Bertz CT molecular complexity index is 2190. The molecule has 5 heterocycles. The highest BCUT2D eigenvalue weighted by Crippen LogP contribution is 2.47. The van der Waals surface area contributed by atoms with Gasteiger partial charge in [-0.3, -0.25) is 14.9 Å². The molecule has 0 spiro atoms. The van der Waals surface area contributed by atoms with Gasteiger partial charge in [0.1, 0.15) is 23.0 Å². The molecule has 0 radical (unpaired) electrons. The number of hydrogen-bond acceptors (Lipinski definition) is 11. The van der Waals surface area contributed by atoms with Gasteiger partial charge in [0, 0.05) is 75.7 Å². The third-order valence-corrected chi connectivity index (χ3v) is 13.7. The lowest BCUT2D eigenvalue weighted by Crippen LogP contribution is -2.47. The molecule has 4 saturated heterocycles. The van der Waals surface area contributed by atoms with E-state index in [1.54, 1.807) is 6.07 Å². The summed E-state index contributed by atoms with van der Waals surface area (Å²) < 4.78 is 101. The van der Waals surface area contributed by atoms with Crippen molar-refractivity contribution in [2.75, 3.05) is 60.9 Å². The van der Waals surface area contributed by atoms with Gasteiger partial charge in [0.15, 0.2) is 0 Å². The van der Waals surface area contributed by atoms with Crippen molar-refractivity contribution >= 4 is 45.0 Å². The first-order valence-electron chi connectivity index (χ1n) is 19.5. The summed E-state index contributed by atoms with van der Waals surface area (Å²) in [5.41, 5.74) is -1.49. The summed E-state index contributed by atoms with van der Waals surface area (Å²) in [7, 11) is -4.09. The maximum atomic E-state index is 15.3. The molecule has 19 heteroatoms. The third-order valence-electron chi connectivity index (χ3n) is 12.2. The topological polar surface area (TPSA) is 160 Å². The van der Waals surface area contributed by atoms with Crippen LogP contribution in [-0.4, -0.2) is 97.7 Å². The van der Waals surface area contributed by atoms with Crippen LogP contribution in [0.3, 0.4) is 0 Å². The summed E-state index contributed by atoms with van der Waals surface area (Å²) in [5, 5.41) is 15.3. The lowest BCUT2D eigenvalue weighted by Gasteiger charge is -2.38. The van der Waals surface area contributed by atoms with Crippen LogP contribution in [-0.2, 0) is 25.8 Å². The molecule has 8 rings (SSSR count). The van der Waals surface area contributed by atoms with Crippen molar-refractivity contribution in [2.24, 2.45) is 17.8 Å². The van der Waals surface area contributed by atoms with Gasteiger partial charge in [0.05, 0.1) is 22.1 Å². The number of fused-ring (bicyclic) bond motifs is 1. The van der Waals surface area contributed by atoms with Crippen molar-refractivity contribution in [2.45, 2.75) is 74.1 Å². The largest absolute Gasteiger partial charge is 0.421 e. The number of piperidine rings is 4. The molecule has 2 aromatic carbocycles. The molecule has 1 aromatic heterocycles. The number of likely N-dealkylation sites (tertiary alicyclic amines) is 1. The average Bonchev–Trinajstić information content (AvgIpc) is 3.57. The number of carbonyl (C=O) groups excluding carboxylic acids is 2. The van der Waals surface area contributed by atoms with E-state index in [-0.39, 0.29) is 66.2 Å². The number of imide groups is 1. The van der Waals surface area contributed by atoms with Gasteiger partial charge in [-0.15, -0.1) is 0 Å². The number of aromatic nitrogens is 2. The van der Waals surface area contributed by atoms with E-state index in [0.717, 1.165) is 57.3 Å². The van der Waals surface area contributed by atoms with Crippen molar-refractivity contribution < 1.29 is 45.1 Å². The molecule has 0 bridgehead atoms. The van der Waals surface area contributed by atoms with Gasteiger partial charge in [0.25, 0.3) is 0 Å². The number of sulfonamides is 1. The van der Waals surface area contributed by atoms with E-state index in [4.69, 9.17) is 0 Å². The van der Waals surface area contributed by atoms with Crippen LogP contribution in [0, 0.1) is 29.4 Å². The Morgan fingerprint density at radius 1 is 0.983 bits per heavy atom. The first-order valence-corrected chi connectivity index (χ1v) is 21.0. The highest BCUT2D eigenvalue weighted by atomic mass is 32.2. The summed E-state index contributed by atoms with van der Waals surface area (Å²) in [6.45, 7) is 5.49. The van der Waals surface area contributed by atoms with Gasteiger partial charge in [-0.2, -0.15) is 18.2 Å². The predicted molar refractivity (Wildman–Crippen MR) is 203 cm³/mol. The van der Waals surface area contributed by atoms with Crippen LogP contribution in [0.4, 0.5) is 45.1 Å². The standard InChI is InChI=1S/C39H45F5N8O5S/c1-38(55)11-2-12-52(21-38)35-29(39(42,43)44)17-45-37(48-35)46-32-7-4-24(16-31(32)41)58(56,57)49-34-27-19-50(20-28(27)34)18-22-9-13-51(14-10-22)23-3-5-25(30(40)15-23)26-6-8-33(53)47-36(26)54/h3-5,7,15-17,22,26-28,34,49,55H,2,6,8-14,18-21H2,1H3,(H,45,46,48)(H,47,53,54)/t26?,27-,28?,34?,38-/m0/s1. The van der Waals surface area contributed by atoms with Gasteiger partial charge >= 0.3 is 6.18 Å². The summed E-state index contributed by atoms with van der Waals surface area (Å²) >= 11 is 0. The Labute approximate surface area is 332 Å². The Balaban J connectivity index is 0.820. The monoisotopic (exact) mass is 832 g/mol. The smallest absolute Gasteiger partial charge is 0.388 e. The molecule has 312 valence electrons. The van der Waals surface area contributed by atoms with Crippen molar-refractivity contribution in [3.63, 3.8) is 0 Å².